The normalized spacial score (nSPS) is 9.08. The smallest absolute Gasteiger partial charge is 0.0227 e. The van der Waals surface area contributed by atoms with Crippen LogP contribution in [0.25, 0.3) is 0 Å². The SMILES string of the molecule is CCl.CN(C)Cc1ccccc1. The number of nitrogens with zero attached hydrogens (tertiary/aromatic N) is 1. The van der Waals surface area contributed by atoms with Gasteiger partial charge in [0.15, 0.2) is 0 Å². The van der Waals surface area contributed by atoms with Gasteiger partial charge in [-0.25, -0.2) is 0 Å². The van der Waals surface area contributed by atoms with Crippen LogP contribution in [-0.2, 0) is 6.54 Å². The van der Waals surface area contributed by atoms with Crippen molar-refractivity contribution in [1.29, 1.82) is 0 Å². The summed E-state index contributed by atoms with van der Waals surface area (Å²) in [5.41, 5.74) is 1.37. The topological polar surface area (TPSA) is 3.24 Å². The van der Waals surface area contributed by atoms with Crippen molar-refractivity contribution in [3.8, 4) is 0 Å². The molecule has 0 fully saturated rings. The number of hydrogen-bond donors (Lipinski definition) is 0. The lowest BCUT2D eigenvalue weighted by Gasteiger charge is -2.08. The van der Waals surface area contributed by atoms with Crippen LogP contribution in [0.15, 0.2) is 30.3 Å². The second kappa shape index (κ2) is 7.14. The molecule has 0 saturated carbocycles. The zero-order valence-electron chi connectivity index (χ0n) is 7.92. The largest absolute Gasteiger partial charge is 0.305 e. The van der Waals surface area contributed by atoms with E-state index in [-0.39, 0.29) is 0 Å². The molecule has 0 aliphatic heterocycles. The zero-order valence-corrected chi connectivity index (χ0v) is 8.67. The minimum atomic E-state index is 1.03. The fraction of sp³-hybridized carbons (Fsp3) is 0.400. The summed E-state index contributed by atoms with van der Waals surface area (Å²) in [6.07, 6.45) is 1.47. The molecule has 2 heteroatoms. The highest BCUT2D eigenvalue weighted by Gasteiger charge is 1.90. The van der Waals surface area contributed by atoms with E-state index in [9.17, 15) is 0 Å². The molecular weight excluding hydrogens is 170 g/mol. The van der Waals surface area contributed by atoms with Crippen LogP contribution in [0.1, 0.15) is 5.56 Å². The average molecular weight is 186 g/mol. The van der Waals surface area contributed by atoms with Crippen molar-refractivity contribution in [1.82, 2.24) is 4.90 Å². The first-order valence-corrected chi connectivity index (χ1v) is 4.61. The lowest BCUT2D eigenvalue weighted by molar-refractivity contribution is 0.402. The molecule has 1 aromatic rings. The molecule has 0 atom stereocenters. The Labute approximate surface area is 80.0 Å². The lowest BCUT2D eigenvalue weighted by atomic mass is 10.2. The van der Waals surface area contributed by atoms with Crippen LogP contribution in [0.4, 0.5) is 0 Å². The molecule has 1 aromatic carbocycles. The number of halogens is 1. The fourth-order valence-corrected chi connectivity index (χ4v) is 0.949. The Morgan fingerprint density at radius 2 is 1.58 bits per heavy atom. The van der Waals surface area contributed by atoms with Crippen molar-refractivity contribution in [3.63, 3.8) is 0 Å². The first-order chi connectivity index (χ1) is 5.79. The highest BCUT2D eigenvalue weighted by atomic mass is 35.5. The molecule has 0 saturated heterocycles. The summed E-state index contributed by atoms with van der Waals surface area (Å²) in [5.74, 6) is 0. The molecule has 0 heterocycles. The molecule has 0 aromatic heterocycles. The van der Waals surface area contributed by atoms with E-state index in [1.165, 1.54) is 11.9 Å². The molecule has 0 aliphatic rings. The van der Waals surface area contributed by atoms with Gasteiger partial charge in [0.2, 0.25) is 0 Å². The van der Waals surface area contributed by atoms with Crippen molar-refractivity contribution in [2.75, 3.05) is 20.5 Å². The number of rotatable bonds is 2. The van der Waals surface area contributed by atoms with E-state index in [1.54, 1.807) is 0 Å². The van der Waals surface area contributed by atoms with E-state index in [0.29, 0.717) is 0 Å². The molecule has 0 N–H and O–H groups in total. The van der Waals surface area contributed by atoms with Crippen molar-refractivity contribution in [2.24, 2.45) is 0 Å². The van der Waals surface area contributed by atoms with Gasteiger partial charge in [-0.1, -0.05) is 30.3 Å². The van der Waals surface area contributed by atoms with Gasteiger partial charge in [0.25, 0.3) is 0 Å². The van der Waals surface area contributed by atoms with Crippen molar-refractivity contribution >= 4 is 11.6 Å². The third kappa shape index (κ3) is 5.16. The van der Waals surface area contributed by atoms with E-state index in [4.69, 9.17) is 0 Å². The minimum Gasteiger partial charge on any atom is -0.305 e. The zero-order chi connectivity index (χ0) is 9.40. The average Bonchev–Trinajstić information content (AvgIpc) is 2.08. The second-order valence-electron chi connectivity index (χ2n) is 2.72. The summed E-state index contributed by atoms with van der Waals surface area (Å²) in [7, 11) is 4.15. The predicted octanol–water partition coefficient (Wildman–Crippen LogP) is 2.60. The third-order valence-electron chi connectivity index (χ3n) is 1.34. The molecule has 0 radical (unpaired) electrons. The van der Waals surface area contributed by atoms with Crippen molar-refractivity contribution in [2.45, 2.75) is 6.54 Å². The van der Waals surface area contributed by atoms with Gasteiger partial charge in [0.05, 0.1) is 0 Å². The first-order valence-electron chi connectivity index (χ1n) is 3.85. The Morgan fingerprint density at radius 1 is 1.08 bits per heavy atom. The van der Waals surface area contributed by atoms with E-state index in [2.05, 4.69) is 54.9 Å². The summed E-state index contributed by atoms with van der Waals surface area (Å²) < 4.78 is 0. The standard InChI is InChI=1S/C9H13N.CH3Cl/c1-10(2)8-9-6-4-3-5-7-9;1-2/h3-7H,8H2,1-2H3;1H3. The Balaban J connectivity index is 0.000000561. The molecule has 0 amide bonds. The molecule has 1 nitrogen and oxygen atoms in total. The summed E-state index contributed by atoms with van der Waals surface area (Å²) in [4.78, 5) is 2.16. The molecule has 0 spiro atoms. The van der Waals surface area contributed by atoms with Crippen LogP contribution in [-0.4, -0.2) is 25.4 Å². The predicted molar refractivity (Wildman–Crippen MR) is 55.6 cm³/mol. The summed E-state index contributed by atoms with van der Waals surface area (Å²) in [6.45, 7) is 1.03. The highest BCUT2D eigenvalue weighted by Crippen LogP contribution is 1.99. The van der Waals surface area contributed by atoms with Crippen molar-refractivity contribution in [3.05, 3.63) is 35.9 Å². The lowest BCUT2D eigenvalue weighted by Crippen LogP contribution is -2.10. The van der Waals surface area contributed by atoms with E-state index < -0.39 is 0 Å². The molecule has 1 rings (SSSR count). The van der Waals surface area contributed by atoms with E-state index in [1.807, 2.05) is 6.07 Å². The Bertz CT molecular complexity index is 184. The quantitative estimate of drug-likeness (QED) is 0.641. The molecular formula is C10H16ClN. The van der Waals surface area contributed by atoms with Crippen LogP contribution >= 0.6 is 11.6 Å². The van der Waals surface area contributed by atoms with Gasteiger partial charge < -0.3 is 4.90 Å². The number of benzene rings is 1. The number of alkyl halides is 1. The monoisotopic (exact) mass is 185 g/mol. The van der Waals surface area contributed by atoms with Gasteiger partial charge in [-0.05, 0) is 19.7 Å². The maximum Gasteiger partial charge on any atom is 0.0227 e. The first kappa shape index (κ1) is 11.5. The molecule has 0 aliphatic carbocycles. The summed E-state index contributed by atoms with van der Waals surface area (Å²) >= 11 is 4.64. The molecule has 0 unspecified atom stereocenters. The van der Waals surface area contributed by atoms with Crippen LogP contribution in [0, 0.1) is 0 Å². The fourth-order valence-electron chi connectivity index (χ4n) is 0.949. The van der Waals surface area contributed by atoms with Crippen LogP contribution in [0.5, 0.6) is 0 Å². The molecule has 12 heavy (non-hydrogen) atoms. The van der Waals surface area contributed by atoms with Gasteiger partial charge in [0.1, 0.15) is 0 Å². The molecule has 68 valence electrons. The van der Waals surface area contributed by atoms with Gasteiger partial charge in [-0.3, -0.25) is 0 Å². The number of hydrogen-bond acceptors (Lipinski definition) is 1. The second-order valence-corrected chi connectivity index (χ2v) is 2.72. The Morgan fingerprint density at radius 3 is 2.00 bits per heavy atom. The van der Waals surface area contributed by atoms with E-state index >= 15 is 0 Å². The van der Waals surface area contributed by atoms with Gasteiger partial charge in [0, 0.05) is 12.9 Å². The van der Waals surface area contributed by atoms with Gasteiger partial charge in [-0.15, -0.1) is 11.6 Å². The Hall–Kier alpha value is -0.530. The molecule has 0 bridgehead atoms. The van der Waals surface area contributed by atoms with Crippen LogP contribution in [0.2, 0.25) is 0 Å². The minimum absolute atomic E-state index is 1.03. The van der Waals surface area contributed by atoms with Crippen LogP contribution in [0.3, 0.4) is 0 Å². The maximum atomic E-state index is 4.64. The van der Waals surface area contributed by atoms with E-state index in [0.717, 1.165) is 6.54 Å². The summed E-state index contributed by atoms with van der Waals surface area (Å²) in [6, 6.07) is 10.5. The third-order valence-corrected chi connectivity index (χ3v) is 1.34. The summed E-state index contributed by atoms with van der Waals surface area (Å²) in [5, 5.41) is 0. The maximum absolute atomic E-state index is 4.64. The van der Waals surface area contributed by atoms with Gasteiger partial charge in [-0.2, -0.15) is 0 Å². The Kier molecular flexibility index (Phi) is 6.82. The highest BCUT2D eigenvalue weighted by molar-refractivity contribution is 6.15. The van der Waals surface area contributed by atoms with Gasteiger partial charge >= 0.3 is 0 Å². The van der Waals surface area contributed by atoms with Crippen LogP contribution < -0.4 is 0 Å². The van der Waals surface area contributed by atoms with Crippen molar-refractivity contribution < 1.29 is 0 Å².